The summed E-state index contributed by atoms with van der Waals surface area (Å²) in [4.78, 5) is 12.2. The van der Waals surface area contributed by atoms with Crippen molar-refractivity contribution < 1.29 is 19.0 Å². The molecule has 1 fully saturated rings. The molecule has 0 saturated heterocycles. The highest BCUT2D eigenvalue weighted by molar-refractivity contribution is 7.14. The monoisotopic (exact) mass is 515 g/mol. The molecule has 37 heavy (non-hydrogen) atoms. The third-order valence-electron chi connectivity index (χ3n) is 7.59. The highest BCUT2D eigenvalue weighted by Gasteiger charge is 2.34. The third kappa shape index (κ3) is 5.33. The molecule has 5 rings (SSSR count). The number of benzene rings is 2. The lowest BCUT2D eigenvalue weighted by Crippen LogP contribution is -2.11. The first kappa shape index (κ1) is 25.2. The van der Waals surface area contributed by atoms with Gasteiger partial charge < -0.3 is 9.84 Å². The van der Waals surface area contributed by atoms with Crippen molar-refractivity contribution in [3.8, 4) is 22.3 Å². The SMILES string of the molecule is CC1(C)CCC=C1c1c(COc2cccc([C@@H](CC(=O)O)C3CC3)c2)csc1-c1cc(C#N)ccc1F. The number of nitrogens with zero attached hydrogens (tertiary/aromatic N) is 1. The fourth-order valence-corrected chi connectivity index (χ4v) is 6.52. The summed E-state index contributed by atoms with van der Waals surface area (Å²) in [5, 5.41) is 20.8. The highest BCUT2D eigenvalue weighted by Crippen LogP contribution is 2.50. The van der Waals surface area contributed by atoms with Gasteiger partial charge in [-0.2, -0.15) is 5.26 Å². The van der Waals surface area contributed by atoms with Crippen LogP contribution in [-0.2, 0) is 11.4 Å². The van der Waals surface area contributed by atoms with Crippen LogP contribution in [0.3, 0.4) is 0 Å². The van der Waals surface area contributed by atoms with Crippen LogP contribution < -0.4 is 4.74 Å². The summed E-state index contributed by atoms with van der Waals surface area (Å²) in [5.74, 6) is 0.00350. The Balaban J connectivity index is 1.47. The van der Waals surface area contributed by atoms with Gasteiger partial charge in [-0.05, 0) is 89.8 Å². The second-order valence-corrected chi connectivity index (χ2v) is 11.6. The smallest absolute Gasteiger partial charge is 0.303 e. The van der Waals surface area contributed by atoms with Crippen molar-refractivity contribution in [2.45, 2.75) is 58.5 Å². The molecule has 0 spiro atoms. The van der Waals surface area contributed by atoms with Crippen LogP contribution in [0.1, 0.15) is 74.1 Å². The number of thiophene rings is 1. The minimum Gasteiger partial charge on any atom is -0.489 e. The molecule has 0 amide bonds. The summed E-state index contributed by atoms with van der Waals surface area (Å²) < 4.78 is 21.3. The number of hydrogen-bond acceptors (Lipinski definition) is 4. The zero-order chi connectivity index (χ0) is 26.2. The Kier molecular flexibility index (Phi) is 6.92. The third-order valence-corrected chi connectivity index (χ3v) is 8.65. The quantitative estimate of drug-likeness (QED) is 0.312. The van der Waals surface area contributed by atoms with E-state index >= 15 is 0 Å². The number of carboxylic acid groups (broad SMARTS) is 1. The molecule has 1 atom stereocenters. The van der Waals surface area contributed by atoms with Gasteiger partial charge >= 0.3 is 5.97 Å². The average molecular weight is 516 g/mol. The molecule has 1 saturated carbocycles. The van der Waals surface area contributed by atoms with Crippen molar-refractivity contribution in [1.82, 2.24) is 0 Å². The zero-order valence-corrected chi connectivity index (χ0v) is 21.9. The Bertz CT molecular complexity index is 1410. The van der Waals surface area contributed by atoms with Crippen LogP contribution in [0.5, 0.6) is 5.75 Å². The molecule has 0 bridgehead atoms. The predicted octanol–water partition coefficient (Wildman–Crippen LogP) is 8.18. The van der Waals surface area contributed by atoms with Gasteiger partial charge in [0.1, 0.15) is 18.2 Å². The largest absolute Gasteiger partial charge is 0.489 e. The molecule has 6 heteroatoms. The minimum atomic E-state index is -0.779. The molecule has 190 valence electrons. The average Bonchev–Trinajstić information content (AvgIpc) is 3.54. The van der Waals surface area contributed by atoms with Gasteiger partial charge in [0.25, 0.3) is 0 Å². The summed E-state index contributed by atoms with van der Waals surface area (Å²) in [6.07, 6.45) is 6.49. The molecular formula is C31H30FNO3S. The normalized spacial score (nSPS) is 17.2. The molecule has 0 unspecified atom stereocenters. The van der Waals surface area contributed by atoms with E-state index in [-0.39, 0.29) is 23.6 Å². The first-order valence-corrected chi connectivity index (χ1v) is 13.6. The molecule has 1 heterocycles. The number of halogens is 1. The second kappa shape index (κ2) is 10.1. The number of aliphatic carboxylic acids is 1. The van der Waals surface area contributed by atoms with Crippen molar-refractivity contribution in [3.05, 3.63) is 82.0 Å². The number of rotatable bonds is 9. The standard InChI is InChI=1S/C31H30FNO3S/c1-31(2)12-4-7-26(31)29-22(18-37-30(29)25-13-19(16-33)8-11-27(25)32)17-36-23-6-3-5-21(14-23)24(15-28(34)35)20-9-10-20/h3,5-8,11,13-14,18,20,24H,4,9-10,12,15,17H2,1-2H3,(H,34,35)/t24-/m0/s1. The zero-order valence-electron chi connectivity index (χ0n) is 21.1. The van der Waals surface area contributed by atoms with Crippen molar-refractivity contribution >= 4 is 22.9 Å². The van der Waals surface area contributed by atoms with Crippen molar-refractivity contribution in [2.24, 2.45) is 11.3 Å². The Morgan fingerprint density at radius 1 is 1.27 bits per heavy atom. The van der Waals surface area contributed by atoms with Crippen LogP contribution >= 0.6 is 11.3 Å². The lowest BCUT2D eigenvalue weighted by Gasteiger charge is -2.24. The summed E-state index contributed by atoms with van der Waals surface area (Å²) in [6.45, 7) is 4.74. The molecule has 0 aliphatic heterocycles. The van der Waals surface area contributed by atoms with Crippen LogP contribution in [-0.4, -0.2) is 11.1 Å². The van der Waals surface area contributed by atoms with Crippen molar-refractivity contribution in [3.63, 3.8) is 0 Å². The van der Waals surface area contributed by atoms with Gasteiger partial charge in [-0.25, -0.2) is 4.39 Å². The molecule has 2 aromatic carbocycles. The van der Waals surface area contributed by atoms with Crippen LogP contribution in [0.15, 0.2) is 53.9 Å². The fourth-order valence-electron chi connectivity index (χ4n) is 5.43. The maximum atomic E-state index is 15.0. The molecular weight excluding hydrogens is 485 g/mol. The van der Waals surface area contributed by atoms with E-state index in [1.165, 1.54) is 29.0 Å². The van der Waals surface area contributed by atoms with E-state index in [4.69, 9.17) is 4.74 Å². The van der Waals surface area contributed by atoms with Gasteiger partial charge in [-0.1, -0.05) is 32.1 Å². The topological polar surface area (TPSA) is 70.3 Å². The van der Waals surface area contributed by atoms with Crippen LogP contribution in [0.2, 0.25) is 0 Å². The molecule has 3 aromatic rings. The van der Waals surface area contributed by atoms with E-state index in [0.29, 0.717) is 29.4 Å². The molecule has 0 radical (unpaired) electrons. The number of carbonyl (C=O) groups is 1. The maximum Gasteiger partial charge on any atom is 0.303 e. The van der Waals surface area contributed by atoms with Gasteiger partial charge in [-0.15, -0.1) is 11.3 Å². The van der Waals surface area contributed by atoms with Crippen LogP contribution in [0.4, 0.5) is 4.39 Å². The first-order valence-electron chi connectivity index (χ1n) is 12.7. The molecule has 2 aliphatic carbocycles. The van der Waals surface area contributed by atoms with Gasteiger partial charge in [0.2, 0.25) is 0 Å². The highest BCUT2D eigenvalue weighted by atomic mass is 32.1. The Hall–Kier alpha value is -3.43. The van der Waals surface area contributed by atoms with E-state index in [1.807, 2.05) is 29.6 Å². The van der Waals surface area contributed by atoms with E-state index in [0.717, 1.165) is 47.3 Å². The molecule has 1 N–H and O–H groups in total. The van der Waals surface area contributed by atoms with Crippen molar-refractivity contribution in [1.29, 1.82) is 5.26 Å². The fraction of sp³-hybridized carbons (Fsp3) is 0.355. The Morgan fingerprint density at radius 3 is 2.76 bits per heavy atom. The maximum absolute atomic E-state index is 15.0. The second-order valence-electron chi connectivity index (χ2n) is 10.7. The van der Waals surface area contributed by atoms with Gasteiger partial charge in [0.15, 0.2) is 0 Å². The van der Waals surface area contributed by atoms with E-state index in [1.54, 1.807) is 6.07 Å². The van der Waals surface area contributed by atoms with E-state index in [2.05, 4.69) is 26.0 Å². The van der Waals surface area contributed by atoms with E-state index in [9.17, 15) is 19.6 Å². The number of carboxylic acids is 1. The van der Waals surface area contributed by atoms with Gasteiger partial charge in [0, 0.05) is 21.6 Å². The van der Waals surface area contributed by atoms with Gasteiger partial charge in [-0.3, -0.25) is 4.79 Å². The van der Waals surface area contributed by atoms with Gasteiger partial charge in [0.05, 0.1) is 18.1 Å². The lowest BCUT2D eigenvalue weighted by molar-refractivity contribution is -0.137. The summed E-state index contributed by atoms with van der Waals surface area (Å²) >= 11 is 1.48. The Labute approximate surface area is 221 Å². The van der Waals surface area contributed by atoms with Crippen molar-refractivity contribution in [2.75, 3.05) is 0 Å². The summed E-state index contributed by atoms with van der Waals surface area (Å²) in [5.41, 5.74) is 4.99. The van der Waals surface area contributed by atoms with E-state index < -0.39 is 5.97 Å². The molecule has 4 nitrogen and oxygen atoms in total. The lowest BCUT2D eigenvalue weighted by atomic mass is 9.80. The number of allylic oxidation sites excluding steroid dienone is 2. The predicted molar refractivity (Wildman–Crippen MR) is 144 cm³/mol. The van der Waals surface area contributed by atoms with Crippen LogP contribution in [0.25, 0.3) is 16.0 Å². The number of hydrogen-bond donors (Lipinski definition) is 1. The molecule has 1 aromatic heterocycles. The molecule has 2 aliphatic rings. The Morgan fingerprint density at radius 2 is 2.08 bits per heavy atom. The summed E-state index contributed by atoms with van der Waals surface area (Å²) in [7, 11) is 0. The number of nitriles is 1. The summed E-state index contributed by atoms with van der Waals surface area (Å²) in [6, 6.07) is 14.4. The first-order chi connectivity index (χ1) is 17.8. The van der Waals surface area contributed by atoms with Crippen LogP contribution in [0, 0.1) is 28.5 Å². The minimum absolute atomic E-state index is 0.00388. The number of ether oxygens (including phenoxy) is 1.